The average molecular weight is 266 g/mol. The fraction of sp³-hybridized carbons (Fsp3) is 0.538. The van der Waals surface area contributed by atoms with Gasteiger partial charge in [-0.05, 0) is 40.1 Å². The molecule has 0 bridgehead atoms. The van der Waals surface area contributed by atoms with Gasteiger partial charge in [0.2, 0.25) is 0 Å². The summed E-state index contributed by atoms with van der Waals surface area (Å²) in [7, 11) is 4.13. The molecule has 0 fully saturated rings. The molecule has 100 valence electrons. The van der Waals surface area contributed by atoms with Gasteiger partial charge in [-0.25, -0.2) is 4.98 Å². The number of hydrogen-bond donors (Lipinski definition) is 1. The van der Waals surface area contributed by atoms with E-state index in [9.17, 15) is 0 Å². The number of nitrogens with two attached hydrogens (primary N) is 1. The van der Waals surface area contributed by atoms with Crippen molar-refractivity contribution in [3.63, 3.8) is 0 Å². The molecule has 0 spiro atoms. The summed E-state index contributed by atoms with van der Waals surface area (Å²) in [6, 6.07) is 4.14. The van der Waals surface area contributed by atoms with E-state index in [1.807, 2.05) is 12.1 Å². The minimum absolute atomic E-state index is 0.355. The number of hydrogen-bond acceptors (Lipinski definition) is 4. The number of nitrogens with zero attached hydrogens (tertiary/aromatic N) is 3. The van der Waals surface area contributed by atoms with Crippen molar-refractivity contribution >= 4 is 23.0 Å². The van der Waals surface area contributed by atoms with Gasteiger partial charge < -0.3 is 15.5 Å². The van der Waals surface area contributed by atoms with Crippen LogP contribution in [-0.4, -0.2) is 48.1 Å². The van der Waals surface area contributed by atoms with E-state index in [1.165, 1.54) is 0 Å². The molecule has 0 aromatic carbocycles. The first-order chi connectivity index (χ1) is 8.47. The molecule has 1 rings (SSSR count). The van der Waals surface area contributed by atoms with Gasteiger partial charge >= 0.3 is 0 Å². The largest absolute Gasteiger partial charge is 0.389 e. The normalized spacial score (nSPS) is 12.5. The lowest BCUT2D eigenvalue weighted by Crippen LogP contribution is -2.41. The third kappa shape index (κ3) is 3.65. The van der Waals surface area contributed by atoms with E-state index in [-0.39, 0.29) is 0 Å². The first-order valence-corrected chi connectivity index (χ1v) is 6.54. The maximum atomic E-state index is 5.76. The highest BCUT2D eigenvalue weighted by Crippen LogP contribution is 2.19. The fourth-order valence-electron chi connectivity index (χ4n) is 2.12. The molecule has 1 unspecified atom stereocenters. The van der Waals surface area contributed by atoms with Crippen molar-refractivity contribution in [1.82, 2.24) is 9.88 Å². The van der Waals surface area contributed by atoms with Crippen molar-refractivity contribution in [3.05, 3.63) is 23.9 Å². The van der Waals surface area contributed by atoms with E-state index < -0.39 is 0 Å². The molecular formula is C13H22N4S. The Morgan fingerprint density at radius 1 is 1.50 bits per heavy atom. The van der Waals surface area contributed by atoms with E-state index in [0.717, 1.165) is 24.5 Å². The third-order valence-electron chi connectivity index (χ3n) is 2.83. The van der Waals surface area contributed by atoms with Crippen LogP contribution in [-0.2, 0) is 0 Å². The molecule has 18 heavy (non-hydrogen) atoms. The molecule has 2 N–H and O–H groups in total. The van der Waals surface area contributed by atoms with Gasteiger partial charge in [0.05, 0.1) is 5.56 Å². The predicted molar refractivity (Wildman–Crippen MR) is 81.2 cm³/mol. The molecule has 0 aliphatic heterocycles. The molecule has 0 saturated carbocycles. The van der Waals surface area contributed by atoms with Crippen LogP contribution in [0.1, 0.15) is 19.4 Å². The molecule has 0 radical (unpaired) electrons. The number of anilines is 1. The Bertz CT molecular complexity index is 406. The lowest BCUT2D eigenvalue weighted by Gasteiger charge is -2.32. The van der Waals surface area contributed by atoms with Crippen LogP contribution in [0.2, 0.25) is 0 Å². The van der Waals surface area contributed by atoms with Gasteiger partial charge in [-0.15, -0.1) is 0 Å². The maximum absolute atomic E-state index is 5.76. The molecule has 1 aromatic heterocycles. The van der Waals surface area contributed by atoms with Gasteiger partial charge in [0.15, 0.2) is 0 Å². The number of aromatic nitrogens is 1. The van der Waals surface area contributed by atoms with Crippen molar-refractivity contribution in [1.29, 1.82) is 0 Å². The van der Waals surface area contributed by atoms with Crippen molar-refractivity contribution in [3.8, 4) is 0 Å². The summed E-state index contributed by atoms with van der Waals surface area (Å²) in [5.74, 6) is 0.877. The van der Waals surface area contributed by atoms with E-state index in [1.54, 1.807) is 6.20 Å². The second kappa shape index (κ2) is 6.66. The Morgan fingerprint density at radius 3 is 2.67 bits per heavy atom. The molecule has 1 atom stereocenters. The summed E-state index contributed by atoms with van der Waals surface area (Å²) in [5, 5.41) is 0. The summed E-state index contributed by atoms with van der Waals surface area (Å²) >= 11 is 5.09. The van der Waals surface area contributed by atoms with Gasteiger partial charge in [-0.1, -0.05) is 12.2 Å². The fourth-order valence-corrected chi connectivity index (χ4v) is 2.27. The Hall–Kier alpha value is -1.20. The van der Waals surface area contributed by atoms with Crippen LogP contribution in [0.25, 0.3) is 0 Å². The monoisotopic (exact) mass is 266 g/mol. The first kappa shape index (κ1) is 14.9. The van der Waals surface area contributed by atoms with E-state index >= 15 is 0 Å². The smallest absolute Gasteiger partial charge is 0.139 e. The van der Waals surface area contributed by atoms with Crippen molar-refractivity contribution in [2.75, 3.05) is 32.1 Å². The summed E-state index contributed by atoms with van der Waals surface area (Å²) in [6.45, 7) is 6.13. The predicted octanol–water partition coefficient (Wildman–Crippen LogP) is 1.49. The lowest BCUT2D eigenvalue weighted by atomic mass is 10.2. The van der Waals surface area contributed by atoms with Gasteiger partial charge in [0.1, 0.15) is 10.8 Å². The molecule has 0 amide bonds. The van der Waals surface area contributed by atoms with Crippen molar-refractivity contribution in [2.45, 2.75) is 19.9 Å². The summed E-state index contributed by atoms with van der Waals surface area (Å²) in [6.07, 6.45) is 1.78. The summed E-state index contributed by atoms with van der Waals surface area (Å²) in [5.41, 5.74) is 6.61. The minimum atomic E-state index is 0.355. The third-order valence-corrected chi connectivity index (χ3v) is 3.05. The lowest BCUT2D eigenvalue weighted by molar-refractivity contribution is 0.372. The highest BCUT2D eigenvalue weighted by Gasteiger charge is 2.18. The molecule has 0 saturated heterocycles. The first-order valence-electron chi connectivity index (χ1n) is 6.13. The summed E-state index contributed by atoms with van der Waals surface area (Å²) < 4.78 is 0. The van der Waals surface area contributed by atoms with Crippen LogP contribution in [0.3, 0.4) is 0 Å². The number of likely N-dealkylation sites (N-methyl/N-ethyl adjacent to an activating group) is 2. The number of thiocarbonyl (C=S) groups is 1. The Kier molecular flexibility index (Phi) is 5.50. The van der Waals surface area contributed by atoms with Crippen LogP contribution in [0.5, 0.6) is 0 Å². The molecule has 5 heteroatoms. The SMILES string of the molecule is CCN(c1ncccc1C(N)=S)C(C)CN(C)C. The number of rotatable bonds is 6. The molecule has 0 aliphatic carbocycles. The van der Waals surface area contributed by atoms with Gasteiger partial charge in [0, 0.05) is 25.3 Å². The zero-order valence-electron chi connectivity index (χ0n) is 11.6. The minimum Gasteiger partial charge on any atom is -0.389 e. The topological polar surface area (TPSA) is 45.4 Å². The van der Waals surface area contributed by atoms with E-state index in [2.05, 4.69) is 42.7 Å². The number of pyridine rings is 1. The second-order valence-corrected chi connectivity index (χ2v) is 5.08. The zero-order valence-corrected chi connectivity index (χ0v) is 12.4. The molecule has 4 nitrogen and oxygen atoms in total. The highest BCUT2D eigenvalue weighted by molar-refractivity contribution is 7.80. The molecule has 1 aromatic rings. The van der Waals surface area contributed by atoms with Crippen LogP contribution in [0.4, 0.5) is 5.82 Å². The highest BCUT2D eigenvalue weighted by atomic mass is 32.1. The Morgan fingerprint density at radius 2 is 2.17 bits per heavy atom. The maximum Gasteiger partial charge on any atom is 0.139 e. The Balaban J connectivity index is 3.05. The van der Waals surface area contributed by atoms with Crippen LogP contribution in [0, 0.1) is 0 Å². The van der Waals surface area contributed by atoms with Gasteiger partial charge in [-0.2, -0.15) is 0 Å². The zero-order chi connectivity index (χ0) is 13.7. The van der Waals surface area contributed by atoms with Crippen LogP contribution >= 0.6 is 12.2 Å². The van der Waals surface area contributed by atoms with E-state index in [0.29, 0.717) is 11.0 Å². The van der Waals surface area contributed by atoms with E-state index in [4.69, 9.17) is 18.0 Å². The standard InChI is InChI=1S/C13H22N4S/c1-5-17(10(2)9-16(3)4)13-11(12(14)18)7-6-8-15-13/h6-8,10H,5,9H2,1-4H3,(H2,14,18). The van der Waals surface area contributed by atoms with Crippen LogP contribution < -0.4 is 10.6 Å². The van der Waals surface area contributed by atoms with Crippen LogP contribution in [0.15, 0.2) is 18.3 Å². The molecule has 1 heterocycles. The molecule has 0 aliphatic rings. The molecular weight excluding hydrogens is 244 g/mol. The van der Waals surface area contributed by atoms with Crippen molar-refractivity contribution < 1.29 is 0 Å². The average Bonchev–Trinajstić information content (AvgIpc) is 2.29. The Labute approximate surface area is 115 Å². The van der Waals surface area contributed by atoms with Gasteiger partial charge in [0.25, 0.3) is 0 Å². The quantitative estimate of drug-likeness (QED) is 0.791. The summed E-state index contributed by atoms with van der Waals surface area (Å²) in [4.78, 5) is 9.23. The van der Waals surface area contributed by atoms with Crippen molar-refractivity contribution in [2.24, 2.45) is 5.73 Å². The second-order valence-electron chi connectivity index (χ2n) is 4.64. The van der Waals surface area contributed by atoms with Gasteiger partial charge in [-0.3, -0.25) is 0 Å².